The van der Waals surface area contributed by atoms with Crippen molar-refractivity contribution >= 4 is 32.3 Å². The molecule has 0 saturated carbocycles. The van der Waals surface area contributed by atoms with Gasteiger partial charge in [0.05, 0.1) is 21.5 Å². The molecule has 1 fully saturated rings. The largest absolute Gasteiger partial charge is 0.348 e. The van der Waals surface area contributed by atoms with Gasteiger partial charge in [-0.15, -0.1) is 0 Å². The summed E-state index contributed by atoms with van der Waals surface area (Å²) >= 11 is 1.74. The van der Waals surface area contributed by atoms with Gasteiger partial charge in [0.25, 0.3) is 0 Å². The fourth-order valence-electron chi connectivity index (χ4n) is 5.40. The van der Waals surface area contributed by atoms with Crippen molar-refractivity contribution in [3.05, 3.63) is 47.9 Å². The van der Waals surface area contributed by atoms with Crippen LogP contribution in [0.25, 0.3) is 27.0 Å². The second kappa shape index (κ2) is 7.54. The van der Waals surface area contributed by atoms with Crippen LogP contribution in [0.15, 0.2) is 36.7 Å². The van der Waals surface area contributed by atoms with Gasteiger partial charge in [0.15, 0.2) is 10.8 Å². The second-order valence-electron chi connectivity index (χ2n) is 10.6. The predicted molar refractivity (Wildman–Crippen MR) is 136 cm³/mol. The minimum Gasteiger partial charge on any atom is -0.348 e. The van der Waals surface area contributed by atoms with Gasteiger partial charge < -0.3 is 14.6 Å². The Bertz CT molecular complexity index is 1390. The molecule has 4 aromatic rings. The highest BCUT2D eigenvalue weighted by molar-refractivity contribution is 7.22. The zero-order valence-electron chi connectivity index (χ0n) is 20.1. The molecule has 170 valence electrons. The molecule has 4 heterocycles. The maximum Gasteiger partial charge on any atom is 0.186 e. The van der Waals surface area contributed by atoms with Crippen molar-refractivity contribution in [3.63, 3.8) is 0 Å². The summed E-state index contributed by atoms with van der Waals surface area (Å²) in [4.78, 5) is 11.8. The summed E-state index contributed by atoms with van der Waals surface area (Å²) in [6, 6.07) is 11.0. The molecule has 0 bridgehead atoms. The molecule has 1 N–H and O–H groups in total. The van der Waals surface area contributed by atoms with Crippen molar-refractivity contribution in [1.82, 2.24) is 19.7 Å². The molecule has 0 atom stereocenters. The molecule has 3 aromatic heterocycles. The number of benzene rings is 1. The monoisotopic (exact) mass is 458 g/mol. The third kappa shape index (κ3) is 4.09. The molecule has 0 amide bonds. The van der Waals surface area contributed by atoms with Gasteiger partial charge in [-0.1, -0.05) is 17.4 Å². The number of nitriles is 1. The van der Waals surface area contributed by atoms with E-state index in [9.17, 15) is 5.26 Å². The Morgan fingerprint density at radius 1 is 1.09 bits per heavy atom. The lowest BCUT2D eigenvalue weighted by Gasteiger charge is -2.48. The van der Waals surface area contributed by atoms with Crippen molar-refractivity contribution in [2.24, 2.45) is 0 Å². The number of hydrogen-bond donors (Lipinski definition) is 1. The van der Waals surface area contributed by atoms with Crippen LogP contribution in [-0.4, -0.2) is 38.5 Å². The molecular formula is C26H30N6S. The van der Waals surface area contributed by atoms with E-state index in [-0.39, 0.29) is 11.1 Å². The Labute approximate surface area is 198 Å². The number of imidazole rings is 1. The lowest BCUT2D eigenvalue weighted by atomic mass is 9.79. The van der Waals surface area contributed by atoms with E-state index < -0.39 is 0 Å². The fraction of sp³-hybridized carbons (Fsp3) is 0.423. The number of piperidine rings is 1. The number of thiazole rings is 1. The summed E-state index contributed by atoms with van der Waals surface area (Å²) < 4.78 is 3.10. The van der Waals surface area contributed by atoms with Gasteiger partial charge in [0.2, 0.25) is 0 Å². The van der Waals surface area contributed by atoms with Gasteiger partial charge in [0, 0.05) is 36.6 Å². The topological polar surface area (TPSA) is 69.2 Å². The van der Waals surface area contributed by atoms with Crippen LogP contribution >= 0.6 is 11.3 Å². The zero-order valence-corrected chi connectivity index (χ0v) is 20.9. The van der Waals surface area contributed by atoms with Crippen LogP contribution in [0, 0.1) is 18.3 Å². The molecular weight excluding hydrogens is 428 g/mol. The number of aryl methyl sites for hydroxylation is 1. The van der Waals surface area contributed by atoms with Crippen molar-refractivity contribution < 1.29 is 0 Å². The van der Waals surface area contributed by atoms with Crippen LogP contribution in [0.5, 0.6) is 0 Å². The predicted octanol–water partition coefficient (Wildman–Crippen LogP) is 5.54. The van der Waals surface area contributed by atoms with E-state index in [0.29, 0.717) is 17.3 Å². The quantitative estimate of drug-likeness (QED) is 0.437. The Hall–Kier alpha value is -2.95. The molecule has 0 aliphatic carbocycles. The number of rotatable bonds is 3. The fourth-order valence-corrected chi connectivity index (χ4v) is 6.44. The third-order valence-electron chi connectivity index (χ3n) is 6.52. The van der Waals surface area contributed by atoms with E-state index in [4.69, 9.17) is 4.98 Å². The number of hydrogen-bond acceptors (Lipinski definition) is 6. The number of nitrogens with one attached hydrogen (secondary N) is 1. The molecule has 0 radical (unpaired) electrons. The SMILES string of the molecule is Cc1cn2cc(-c3ccc4nc(N(C)C5CC(C)(C)NC(C)(C)C5)sc4c3)cc(C#N)c2n1. The van der Waals surface area contributed by atoms with Crippen molar-refractivity contribution in [2.75, 3.05) is 11.9 Å². The second-order valence-corrected chi connectivity index (χ2v) is 11.6. The van der Waals surface area contributed by atoms with Crippen molar-refractivity contribution in [3.8, 4) is 17.2 Å². The Kier molecular flexibility index (Phi) is 5.00. The van der Waals surface area contributed by atoms with Crippen LogP contribution in [0.4, 0.5) is 5.13 Å². The third-order valence-corrected chi connectivity index (χ3v) is 7.63. The van der Waals surface area contributed by atoms with E-state index in [1.807, 2.05) is 29.8 Å². The van der Waals surface area contributed by atoms with Gasteiger partial charge in [-0.25, -0.2) is 9.97 Å². The summed E-state index contributed by atoms with van der Waals surface area (Å²) in [6.45, 7) is 11.1. The van der Waals surface area contributed by atoms with Gasteiger partial charge in [-0.3, -0.25) is 0 Å². The average molecular weight is 459 g/mol. The molecule has 0 spiro atoms. The first kappa shape index (κ1) is 21.9. The normalized spacial score (nSPS) is 18.0. The summed E-state index contributed by atoms with van der Waals surface area (Å²) in [5, 5.41) is 14.5. The van der Waals surface area contributed by atoms with Crippen LogP contribution in [0.3, 0.4) is 0 Å². The van der Waals surface area contributed by atoms with E-state index in [1.54, 1.807) is 11.3 Å². The highest BCUT2D eigenvalue weighted by atomic mass is 32.1. The van der Waals surface area contributed by atoms with E-state index in [0.717, 1.165) is 45.0 Å². The molecule has 33 heavy (non-hydrogen) atoms. The highest BCUT2D eigenvalue weighted by Crippen LogP contribution is 2.37. The number of nitrogens with zero attached hydrogens (tertiary/aromatic N) is 5. The lowest BCUT2D eigenvalue weighted by Crippen LogP contribution is -2.61. The minimum absolute atomic E-state index is 0.0906. The number of aromatic nitrogens is 3. The highest BCUT2D eigenvalue weighted by Gasteiger charge is 2.39. The molecule has 5 rings (SSSR count). The Morgan fingerprint density at radius 2 is 1.82 bits per heavy atom. The van der Waals surface area contributed by atoms with Gasteiger partial charge >= 0.3 is 0 Å². The van der Waals surface area contributed by atoms with Crippen LogP contribution in [0.2, 0.25) is 0 Å². The van der Waals surface area contributed by atoms with Crippen LogP contribution < -0.4 is 10.2 Å². The molecule has 1 aliphatic rings. The van der Waals surface area contributed by atoms with E-state index >= 15 is 0 Å². The lowest BCUT2D eigenvalue weighted by molar-refractivity contribution is 0.161. The van der Waals surface area contributed by atoms with Crippen molar-refractivity contribution in [1.29, 1.82) is 5.26 Å². The average Bonchev–Trinajstić information content (AvgIpc) is 3.31. The molecule has 0 unspecified atom stereocenters. The summed E-state index contributed by atoms with van der Waals surface area (Å²) in [7, 11) is 2.18. The minimum atomic E-state index is 0.0906. The molecule has 1 saturated heterocycles. The zero-order chi connectivity index (χ0) is 23.5. The van der Waals surface area contributed by atoms with E-state index in [2.05, 4.69) is 74.2 Å². The smallest absolute Gasteiger partial charge is 0.186 e. The molecule has 1 aliphatic heterocycles. The van der Waals surface area contributed by atoms with Crippen LogP contribution in [-0.2, 0) is 0 Å². The maximum absolute atomic E-state index is 9.63. The maximum atomic E-state index is 9.63. The van der Waals surface area contributed by atoms with Gasteiger partial charge in [-0.05, 0) is 76.8 Å². The summed E-state index contributed by atoms with van der Waals surface area (Å²) in [5.74, 6) is 0. The Balaban J connectivity index is 1.50. The summed E-state index contributed by atoms with van der Waals surface area (Å²) in [5.41, 5.74) is 5.46. The van der Waals surface area contributed by atoms with Gasteiger partial charge in [0.1, 0.15) is 6.07 Å². The molecule has 7 heteroatoms. The van der Waals surface area contributed by atoms with Gasteiger partial charge in [-0.2, -0.15) is 5.26 Å². The number of pyridine rings is 1. The summed E-state index contributed by atoms with van der Waals surface area (Å²) in [6.07, 6.45) is 6.16. The molecule has 6 nitrogen and oxygen atoms in total. The Morgan fingerprint density at radius 3 is 2.52 bits per heavy atom. The van der Waals surface area contributed by atoms with Crippen LogP contribution in [0.1, 0.15) is 51.8 Å². The number of fused-ring (bicyclic) bond motifs is 2. The first-order valence-corrected chi connectivity index (χ1v) is 12.2. The first-order valence-electron chi connectivity index (χ1n) is 11.4. The first-order chi connectivity index (χ1) is 15.5. The van der Waals surface area contributed by atoms with E-state index in [1.165, 1.54) is 0 Å². The standard InChI is InChI=1S/C26H30N6S/c1-16-14-32-15-19(9-18(13-27)23(32)28-16)17-7-8-21-22(10-17)33-24(29-21)31(6)20-11-25(2,3)30-26(4,5)12-20/h7-10,14-15,20,30H,11-12H2,1-6H3. The molecule has 1 aromatic carbocycles. The van der Waals surface area contributed by atoms with Crippen molar-refractivity contribution in [2.45, 2.75) is 64.6 Å². The number of anilines is 1.